The van der Waals surface area contributed by atoms with Crippen molar-refractivity contribution in [2.45, 2.75) is 18.4 Å². The molecule has 0 fully saturated rings. The van der Waals surface area contributed by atoms with Crippen LogP contribution in [-0.2, 0) is 27.0 Å². The number of carbonyl (C=O) groups is 2. The molecule has 0 aromatic heterocycles. The van der Waals surface area contributed by atoms with Gasteiger partial charge in [-0.1, -0.05) is 24.3 Å². The first-order valence-corrected chi connectivity index (χ1v) is 8.91. The molecule has 2 aromatic carbocycles. The van der Waals surface area contributed by atoms with E-state index in [0.29, 0.717) is 23.7 Å². The Labute approximate surface area is 142 Å². The third-order valence-corrected chi connectivity index (χ3v) is 4.60. The van der Waals surface area contributed by atoms with Crippen molar-refractivity contribution in [2.24, 2.45) is 0 Å². The fraction of sp³-hybridized carbons (Fsp3) is 0.222. The van der Waals surface area contributed by atoms with Crippen LogP contribution in [0.3, 0.4) is 0 Å². The molecule has 0 spiro atoms. The van der Waals surface area contributed by atoms with E-state index in [4.69, 9.17) is 9.84 Å². The molecule has 2 aromatic rings. The Morgan fingerprint density at radius 3 is 2.29 bits per heavy atom. The minimum Gasteiger partial charge on any atom is -0.478 e. The summed E-state index contributed by atoms with van der Waals surface area (Å²) in [5.41, 5.74) is 2.24. The topological polar surface area (TPSA) is 80.7 Å². The maximum Gasteiger partial charge on any atom is 0.338 e. The molecule has 2 rings (SSSR count). The van der Waals surface area contributed by atoms with E-state index < -0.39 is 22.7 Å². The Kier molecular flexibility index (Phi) is 6.26. The summed E-state index contributed by atoms with van der Waals surface area (Å²) in [6.45, 7) is 2.05. The molecule has 6 heteroatoms. The van der Waals surface area contributed by atoms with Gasteiger partial charge in [-0.3, -0.25) is 4.21 Å². The van der Waals surface area contributed by atoms with E-state index in [-0.39, 0.29) is 5.56 Å². The van der Waals surface area contributed by atoms with Crippen LogP contribution in [0.5, 0.6) is 0 Å². The number of benzene rings is 2. The lowest BCUT2D eigenvalue weighted by atomic mass is 10.1. The lowest BCUT2D eigenvalue weighted by molar-refractivity contribution is 0.0525. The number of ether oxygens (including phenoxy) is 1. The first-order chi connectivity index (χ1) is 11.5. The van der Waals surface area contributed by atoms with Crippen LogP contribution in [0.4, 0.5) is 0 Å². The molecule has 0 aliphatic carbocycles. The number of esters is 1. The highest BCUT2D eigenvalue weighted by Gasteiger charge is 2.09. The molecule has 0 radical (unpaired) electrons. The summed E-state index contributed by atoms with van der Waals surface area (Å²) in [4.78, 5) is 22.5. The van der Waals surface area contributed by atoms with Gasteiger partial charge in [-0.15, -0.1) is 0 Å². The molecular formula is C18H18O5S. The first kappa shape index (κ1) is 17.9. The van der Waals surface area contributed by atoms with Crippen LogP contribution in [0.1, 0.15) is 38.8 Å². The van der Waals surface area contributed by atoms with Gasteiger partial charge in [0, 0.05) is 22.3 Å². The zero-order valence-corrected chi connectivity index (χ0v) is 14.0. The summed E-state index contributed by atoms with van der Waals surface area (Å²) in [6, 6.07) is 13.2. The van der Waals surface area contributed by atoms with Gasteiger partial charge in [-0.05, 0) is 42.3 Å². The highest BCUT2D eigenvalue weighted by Crippen LogP contribution is 2.13. The van der Waals surface area contributed by atoms with Gasteiger partial charge in [0.1, 0.15) is 0 Å². The van der Waals surface area contributed by atoms with Gasteiger partial charge < -0.3 is 9.84 Å². The molecule has 0 saturated carbocycles. The first-order valence-electron chi connectivity index (χ1n) is 7.43. The van der Waals surface area contributed by atoms with Crippen LogP contribution in [-0.4, -0.2) is 27.9 Å². The predicted molar refractivity (Wildman–Crippen MR) is 91.4 cm³/mol. The molecule has 0 bridgehead atoms. The van der Waals surface area contributed by atoms with Crippen molar-refractivity contribution in [1.82, 2.24) is 0 Å². The normalized spacial score (nSPS) is 11.7. The van der Waals surface area contributed by atoms with Crippen molar-refractivity contribution < 1.29 is 23.6 Å². The monoisotopic (exact) mass is 346 g/mol. The van der Waals surface area contributed by atoms with Crippen molar-refractivity contribution in [3.8, 4) is 0 Å². The molecule has 0 amide bonds. The molecule has 1 unspecified atom stereocenters. The van der Waals surface area contributed by atoms with E-state index in [9.17, 15) is 13.8 Å². The molecule has 0 aliphatic rings. The van der Waals surface area contributed by atoms with E-state index >= 15 is 0 Å². The summed E-state index contributed by atoms with van der Waals surface area (Å²) in [6.07, 6.45) is 0. The number of carboxylic acid groups (broad SMARTS) is 1. The Bertz CT molecular complexity index is 752. The molecule has 0 aliphatic heterocycles. The van der Waals surface area contributed by atoms with Gasteiger partial charge in [-0.25, -0.2) is 9.59 Å². The van der Waals surface area contributed by atoms with Gasteiger partial charge in [0.2, 0.25) is 0 Å². The third kappa shape index (κ3) is 5.03. The summed E-state index contributed by atoms with van der Waals surface area (Å²) in [5, 5.41) is 8.86. The Hall–Kier alpha value is -2.47. The number of carbonyl (C=O) groups excluding carboxylic acids is 1. The van der Waals surface area contributed by atoms with E-state index in [2.05, 4.69) is 0 Å². The summed E-state index contributed by atoms with van der Waals surface area (Å²) in [5.74, 6) is -0.745. The highest BCUT2D eigenvalue weighted by molar-refractivity contribution is 7.83. The average Bonchev–Trinajstić information content (AvgIpc) is 2.55. The highest BCUT2D eigenvalue weighted by atomic mass is 32.2. The predicted octanol–water partition coefficient (Wildman–Crippen LogP) is 3.01. The van der Waals surface area contributed by atoms with Gasteiger partial charge in [0.15, 0.2) is 0 Å². The zero-order chi connectivity index (χ0) is 17.5. The third-order valence-electron chi connectivity index (χ3n) is 3.29. The Balaban J connectivity index is 2.00. The fourth-order valence-electron chi connectivity index (χ4n) is 2.17. The molecule has 126 valence electrons. The Morgan fingerprint density at radius 1 is 1.00 bits per heavy atom. The standard InChI is InChI=1S/C18H18O5S/c1-2-23-18(21)16-5-3-4-14(10-16)12-24(22)11-13-6-8-15(9-7-13)17(19)20/h3-10H,2,11-12H2,1H3,(H,19,20). The summed E-state index contributed by atoms with van der Waals surface area (Å²) in [7, 11) is -1.16. The quantitative estimate of drug-likeness (QED) is 0.780. The van der Waals surface area contributed by atoms with Gasteiger partial charge in [0.05, 0.1) is 17.7 Å². The van der Waals surface area contributed by atoms with Crippen LogP contribution in [0.25, 0.3) is 0 Å². The van der Waals surface area contributed by atoms with Gasteiger partial charge >= 0.3 is 11.9 Å². The Morgan fingerprint density at radius 2 is 1.67 bits per heavy atom. The van der Waals surface area contributed by atoms with Crippen molar-refractivity contribution in [2.75, 3.05) is 6.61 Å². The second-order valence-electron chi connectivity index (χ2n) is 5.15. The number of hydrogen-bond acceptors (Lipinski definition) is 4. The lowest BCUT2D eigenvalue weighted by Gasteiger charge is -2.06. The van der Waals surface area contributed by atoms with Gasteiger partial charge in [-0.2, -0.15) is 0 Å². The zero-order valence-electron chi connectivity index (χ0n) is 13.2. The number of aromatic carboxylic acids is 1. The number of rotatable bonds is 7. The van der Waals surface area contributed by atoms with Crippen LogP contribution in [0.2, 0.25) is 0 Å². The number of hydrogen-bond donors (Lipinski definition) is 1. The van der Waals surface area contributed by atoms with E-state index in [1.807, 2.05) is 6.07 Å². The molecule has 0 saturated heterocycles. The van der Waals surface area contributed by atoms with Crippen LogP contribution >= 0.6 is 0 Å². The minimum atomic E-state index is -1.16. The lowest BCUT2D eigenvalue weighted by Crippen LogP contribution is -2.06. The van der Waals surface area contributed by atoms with E-state index in [0.717, 1.165) is 11.1 Å². The van der Waals surface area contributed by atoms with Crippen molar-refractivity contribution in [3.63, 3.8) is 0 Å². The van der Waals surface area contributed by atoms with Crippen LogP contribution in [0.15, 0.2) is 48.5 Å². The summed E-state index contributed by atoms with van der Waals surface area (Å²) >= 11 is 0. The number of carboxylic acids is 1. The molecule has 1 N–H and O–H groups in total. The smallest absolute Gasteiger partial charge is 0.338 e. The van der Waals surface area contributed by atoms with E-state index in [1.165, 1.54) is 12.1 Å². The maximum absolute atomic E-state index is 12.3. The van der Waals surface area contributed by atoms with Crippen LogP contribution < -0.4 is 0 Å². The second kappa shape index (κ2) is 8.40. The van der Waals surface area contributed by atoms with Crippen molar-refractivity contribution in [1.29, 1.82) is 0 Å². The summed E-state index contributed by atoms with van der Waals surface area (Å²) < 4.78 is 17.2. The fourth-order valence-corrected chi connectivity index (χ4v) is 3.39. The maximum atomic E-state index is 12.3. The average molecular weight is 346 g/mol. The van der Waals surface area contributed by atoms with Gasteiger partial charge in [0.25, 0.3) is 0 Å². The van der Waals surface area contributed by atoms with E-state index in [1.54, 1.807) is 37.3 Å². The molecular weight excluding hydrogens is 328 g/mol. The SMILES string of the molecule is CCOC(=O)c1cccc(CS(=O)Cc2ccc(C(=O)O)cc2)c1. The second-order valence-corrected chi connectivity index (χ2v) is 6.61. The minimum absolute atomic E-state index is 0.201. The van der Waals surface area contributed by atoms with Crippen molar-refractivity contribution >= 4 is 22.7 Å². The largest absolute Gasteiger partial charge is 0.478 e. The van der Waals surface area contributed by atoms with Crippen LogP contribution in [0, 0.1) is 0 Å². The molecule has 24 heavy (non-hydrogen) atoms. The molecule has 0 heterocycles. The molecule has 1 atom stereocenters. The van der Waals surface area contributed by atoms with Crippen molar-refractivity contribution in [3.05, 3.63) is 70.8 Å². The molecule has 5 nitrogen and oxygen atoms in total.